The largest absolute Gasteiger partial charge is 0.364 e. The first-order valence-electron chi connectivity index (χ1n) is 9.39. The quantitative estimate of drug-likeness (QED) is 0.761. The first-order chi connectivity index (χ1) is 12.7. The topological polar surface area (TPSA) is 53.9 Å². The third-order valence-electron chi connectivity index (χ3n) is 5.95. The first-order valence-corrected chi connectivity index (χ1v) is 10.2. The van der Waals surface area contributed by atoms with Gasteiger partial charge in [-0.2, -0.15) is 0 Å². The van der Waals surface area contributed by atoms with Crippen molar-refractivity contribution in [1.82, 2.24) is 20.1 Å². The van der Waals surface area contributed by atoms with Crippen LogP contribution in [0, 0.1) is 12.8 Å². The summed E-state index contributed by atoms with van der Waals surface area (Å²) in [5.41, 5.74) is 3.00. The van der Waals surface area contributed by atoms with Gasteiger partial charge in [-0.1, -0.05) is 6.07 Å². The van der Waals surface area contributed by atoms with Crippen LogP contribution in [-0.2, 0) is 0 Å². The normalized spacial score (nSPS) is 27.8. The van der Waals surface area contributed by atoms with E-state index >= 15 is 0 Å². The van der Waals surface area contributed by atoms with Gasteiger partial charge in [-0.25, -0.2) is 4.98 Å². The lowest BCUT2D eigenvalue weighted by Gasteiger charge is -2.50. The van der Waals surface area contributed by atoms with E-state index < -0.39 is 0 Å². The van der Waals surface area contributed by atoms with Crippen LogP contribution < -0.4 is 5.32 Å². The average Bonchev–Trinajstić information content (AvgIpc) is 3.05. The molecule has 2 bridgehead atoms. The summed E-state index contributed by atoms with van der Waals surface area (Å²) in [7, 11) is 0. The highest BCUT2D eigenvalue weighted by atomic mass is 32.1. The van der Waals surface area contributed by atoms with Crippen molar-refractivity contribution in [1.29, 1.82) is 0 Å². The predicted molar refractivity (Wildman–Crippen MR) is 107 cm³/mol. The van der Waals surface area contributed by atoms with Crippen LogP contribution in [-0.4, -0.2) is 45.3 Å². The summed E-state index contributed by atoms with van der Waals surface area (Å²) in [6, 6.07) is 11.5. The molecule has 0 amide bonds. The van der Waals surface area contributed by atoms with Crippen molar-refractivity contribution in [3.63, 3.8) is 0 Å². The van der Waals surface area contributed by atoms with E-state index in [4.69, 9.17) is 0 Å². The molecule has 1 N–H and O–H groups in total. The number of aromatic nitrogens is 3. The fraction of sp³-hybridized carbons (Fsp3) is 0.450. The number of anilines is 1. The van der Waals surface area contributed by atoms with Gasteiger partial charge in [-0.05, 0) is 70.0 Å². The van der Waals surface area contributed by atoms with Gasteiger partial charge in [0.2, 0.25) is 0 Å². The molecule has 3 aliphatic heterocycles. The Balaban J connectivity index is 1.36. The van der Waals surface area contributed by atoms with Gasteiger partial charge in [0.1, 0.15) is 5.82 Å². The van der Waals surface area contributed by atoms with Crippen LogP contribution in [0.15, 0.2) is 30.3 Å². The van der Waals surface area contributed by atoms with Gasteiger partial charge in [0.05, 0.1) is 20.9 Å². The van der Waals surface area contributed by atoms with Gasteiger partial charge < -0.3 is 5.32 Å². The van der Waals surface area contributed by atoms with Crippen molar-refractivity contribution in [2.45, 2.75) is 38.8 Å². The van der Waals surface area contributed by atoms with Crippen LogP contribution in [0.4, 0.5) is 5.82 Å². The summed E-state index contributed by atoms with van der Waals surface area (Å²) in [5.74, 6) is 1.64. The Morgan fingerprint density at radius 2 is 1.96 bits per heavy atom. The summed E-state index contributed by atoms with van der Waals surface area (Å²) in [4.78, 5) is 7.17. The van der Waals surface area contributed by atoms with E-state index in [0.717, 1.165) is 33.5 Å². The van der Waals surface area contributed by atoms with Crippen molar-refractivity contribution in [3.8, 4) is 11.3 Å². The van der Waals surface area contributed by atoms with Crippen LogP contribution in [0.2, 0.25) is 0 Å². The number of nitrogens with one attached hydrogen (secondary N) is 1. The molecule has 3 saturated heterocycles. The molecule has 2 atom stereocenters. The molecule has 3 aromatic rings. The molecule has 0 spiro atoms. The molecule has 0 radical (unpaired) electrons. The highest BCUT2D eigenvalue weighted by Crippen LogP contribution is 2.34. The monoisotopic (exact) mass is 365 g/mol. The number of piperidine rings is 3. The van der Waals surface area contributed by atoms with E-state index in [9.17, 15) is 0 Å². The molecule has 1 aromatic carbocycles. The number of hydrogen-bond acceptors (Lipinski definition) is 6. The van der Waals surface area contributed by atoms with Crippen molar-refractivity contribution < 1.29 is 0 Å². The van der Waals surface area contributed by atoms with Gasteiger partial charge in [-0.15, -0.1) is 21.5 Å². The number of nitrogens with zero attached hydrogens (tertiary/aromatic N) is 4. The lowest BCUT2D eigenvalue weighted by atomic mass is 9.79. The Labute approximate surface area is 157 Å². The highest BCUT2D eigenvalue weighted by Gasteiger charge is 2.39. The van der Waals surface area contributed by atoms with Crippen LogP contribution in [0.1, 0.15) is 24.8 Å². The third-order valence-corrected chi connectivity index (χ3v) is 6.90. The molecule has 5 heterocycles. The van der Waals surface area contributed by atoms with Gasteiger partial charge >= 0.3 is 0 Å². The maximum atomic E-state index is 4.58. The molecule has 3 aliphatic rings. The van der Waals surface area contributed by atoms with E-state index in [0.29, 0.717) is 12.1 Å². The molecule has 2 aromatic heterocycles. The fourth-order valence-electron chi connectivity index (χ4n) is 4.48. The minimum absolute atomic E-state index is 0.479. The van der Waals surface area contributed by atoms with E-state index in [1.807, 2.05) is 6.92 Å². The van der Waals surface area contributed by atoms with Crippen LogP contribution in [0.5, 0.6) is 0 Å². The minimum atomic E-state index is 0.479. The van der Waals surface area contributed by atoms with E-state index in [-0.39, 0.29) is 0 Å². The van der Waals surface area contributed by atoms with Crippen molar-refractivity contribution >= 4 is 27.4 Å². The van der Waals surface area contributed by atoms with Crippen molar-refractivity contribution in [2.24, 2.45) is 5.92 Å². The highest BCUT2D eigenvalue weighted by molar-refractivity contribution is 7.18. The van der Waals surface area contributed by atoms with Crippen LogP contribution in [0.25, 0.3) is 21.5 Å². The van der Waals surface area contributed by atoms with Crippen LogP contribution in [0.3, 0.4) is 0 Å². The summed E-state index contributed by atoms with van der Waals surface area (Å²) < 4.78 is 1.22. The van der Waals surface area contributed by atoms with E-state index in [1.54, 1.807) is 11.3 Å². The first kappa shape index (κ1) is 16.1. The second kappa shape index (κ2) is 6.28. The maximum Gasteiger partial charge on any atom is 0.148 e. The Kier molecular flexibility index (Phi) is 3.90. The zero-order valence-electron chi connectivity index (χ0n) is 15.1. The van der Waals surface area contributed by atoms with E-state index in [1.165, 1.54) is 30.6 Å². The van der Waals surface area contributed by atoms with Crippen LogP contribution >= 0.6 is 11.3 Å². The zero-order chi connectivity index (χ0) is 17.7. The second-order valence-electron chi connectivity index (χ2n) is 7.50. The summed E-state index contributed by atoms with van der Waals surface area (Å²) >= 11 is 1.72. The number of rotatable bonds is 3. The summed E-state index contributed by atoms with van der Waals surface area (Å²) in [6.45, 7) is 6.86. The molecule has 3 fully saturated rings. The fourth-order valence-corrected chi connectivity index (χ4v) is 5.29. The molecule has 0 saturated carbocycles. The van der Waals surface area contributed by atoms with Crippen molar-refractivity contribution in [2.75, 3.05) is 18.4 Å². The molecular formula is C20H23N5S. The van der Waals surface area contributed by atoms with Gasteiger partial charge in [-0.3, -0.25) is 4.90 Å². The molecule has 134 valence electrons. The molecule has 5 nitrogen and oxygen atoms in total. The Morgan fingerprint density at radius 3 is 2.69 bits per heavy atom. The standard InChI is InChI=1S/C20H23N5S/c1-12-20(14-7-9-25(12)10-8-14)22-19-6-4-16(23-24-19)15-3-5-18-17(11-15)21-13(2)26-18/h3-6,11-12,14,20H,7-10H2,1-2H3,(H,22,24)/t12-,20+/m1/s1. The molecule has 0 unspecified atom stereocenters. The maximum absolute atomic E-state index is 4.58. The third kappa shape index (κ3) is 2.77. The number of benzene rings is 1. The second-order valence-corrected chi connectivity index (χ2v) is 8.74. The summed E-state index contributed by atoms with van der Waals surface area (Å²) in [5, 5.41) is 13.7. The molecule has 6 heteroatoms. The number of aryl methyl sites for hydroxylation is 1. The van der Waals surface area contributed by atoms with Gasteiger partial charge in [0.25, 0.3) is 0 Å². The van der Waals surface area contributed by atoms with Gasteiger partial charge in [0.15, 0.2) is 0 Å². The zero-order valence-corrected chi connectivity index (χ0v) is 16.0. The number of hydrogen-bond donors (Lipinski definition) is 1. The smallest absolute Gasteiger partial charge is 0.148 e. The lowest BCUT2D eigenvalue weighted by molar-refractivity contribution is 0.0457. The SMILES string of the molecule is Cc1nc2cc(-c3ccc(N[C@@H]4C5CCN(CC5)[C@@H]4C)nn3)ccc2s1. The summed E-state index contributed by atoms with van der Waals surface area (Å²) in [6.07, 6.45) is 2.58. The number of fused-ring (bicyclic) bond motifs is 4. The van der Waals surface area contributed by atoms with E-state index in [2.05, 4.69) is 62.7 Å². The average molecular weight is 366 g/mol. The lowest BCUT2D eigenvalue weighted by Crippen LogP contribution is -2.59. The minimum Gasteiger partial charge on any atom is -0.364 e. The van der Waals surface area contributed by atoms with Gasteiger partial charge in [0, 0.05) is 17.6 Å². The van der Waals surface area contributed by atoms with Crippen molar-refractivity contribution in [3.05, 3.63) is 35.3 Å². The molecule has 6 rings (SSSR count). The molecule has 26 heavy (non-hydrogen) atoms. The predicted octanol–water partition coefficient (Wildman–Crippen LogP) is 3.96. The Bertz CT molecular complexity index is 925. The number of thiazole rings is 1. The Morgan fingerprint density at radius 1 is 1.12 bits per heavy atom. The molecular weight excluding hydrogens is 342 g/mol. The molecule has 0 aliphatic carbocycles. The Hall–Kier alpha value is -2.05.